The van der Waals surface area contributed by atoms with Crippen LogP contribution in [0.1, 0.15) is 17.7 Å². The third-order valence-electron chi connectivity index (χ3n) is 2.63. The van der Waals surface area contributed by atoms with Crippen LogP contribution in [0, 0.1) is 0 Å². The minimum Gasteiger partial charge on any atom is -0.371 e. The van der Waals surface area contributed by atoms with Gasteiger partial charge in [0.25, 0.3) is 0 Å². The van der Waals surface area contributed by atoms with Crippen LogP contribution in [-0.2, 0) is 17.5 Å². The number of ether oxygens (including phenoxy) is 1. The molecule has 2 rings (SSSR count). The summed E-state index contributed by atoms with van der Waals surface area (Å²) in [6.45, 7) is 1.97. The average Bonchev–Trinajstić information content (AvgIpc) is 2.78. The van der Waals surface area contributed by atoms with E-state index in [-0.39, 0.29) is 12.7 Å². The molecule has 0 bridgehead atoms. The molecule has 0 spiro atoms. The van der Waals surface area contributed by atoms with Crippen LogP contribution in [0.4, 0.5) is 13.2 Å². The van der Waals surface area contributed by atoms with Crippen LogP contribution in [0.15, 0.2) is 18.3 Å². The van der Waals surface area contributed by atoms with E-state index in [0.717, 1.165) is 31.8 Å². The number of nitrogens with one attached hydrogen (secondary N) is 1. The molecule has 17 heavy (non-hydrogen) atoms. The fourth-order valence-electron chi connectivity index (χ4n) is 1.65. The Hall–Kier alpha value is -1.14. The van der Waals surface area contributed by atoms with Gasteiger partial charge in [0, 0.05) is 12.7 Å². The number of halogens is 3. The van der Waals surface area contributed by atoms with Crippen molar-refractivity contribution in [2.24, 2.45) is 0 Å². The Labute approximate surface area is 97.0 Å². The molecule has 1 saturated heterocycles. The number of hydrogen-bond acceptors (Lipinski definition) is 3. The summed E-state index contributed by atoms with van der Waals surface area (Å²) in [5.41, 5.74) is -0.214. The summed E-state index contributed by atoms with van der Waals surface area (Å²) in [6.07, 6.45) is -2.42. The van der Waals surface area contributed by atoms with E-state index in [1.165, 1.54) is 6.07 Å². The first-order valence-corrected chi connectivity index (χ1v) is 5.40. The molecule has 1 atom stereocenters. The quantitative estimate of drug-likeness (QED) is 0.885. The lowest BCUT2D eigenvalue weighted by atomic mass is 10.2. The Morgan fingerprint density at radius 1 is 1.41 bits per heavy atom. The molecule has 1 fully saturated rings. The van der Waals surface area contributed by atoms with E-state index in [1.54, 1.807) is 0 Å². The van der Waals surface area contributed by atoms with Crippen molar-refractivity contribution in [3.8, 4) is 0 Å². The molecule has 0 aliphatic carbocycles. The molecule has 94 valence electrons. The molecule has 1 aromatic heterocycles. The maximum Gasteiger partial charge on any atom is 0.417 e. The topological polar surface area (TPSA) is 34.1 Å². The van der Waals surface area contributed by atoms with Crippen molar-refractivity contribution >= 4 is 0 Å². The highest BCUT2D eigenvalue weighted by molar-refractivity contribution is 5.16. The standard InChI is InChI=1S/C11H13F3N2O/c12-11(13,14)8-1-2-9(16-5-8)7-17-10-3-4-15-6-10/h1-2,5,10,15H,3-4,6-7H2. The van der Waals surface area contributed by atoms with Gasteiger partial charge in [0.2, 0.25) is 0 Å². The van der Waals surface area contributed by atoms with E-state index >= 15 is 0 Å². The molecule has 1 aliphatic heterocycles. The Morgan fingerprint density at radius 3 is 2.76 bits per heavy atom. The Kier molecular flexibility index (Phi) is 3.63. The first-order chi connectivity index (χ1) is 8.05. The summed E-state index contributed by atoms with van der Waals surface area (Å²) in [5, 5.41) is 3.14. The predicted octanol–water partition coefficient (Wildman–Crippen LogP) is 1.98. The largest absolute Gasteiger partial charge is 0.417 e. The van der Waals surface area contributed by atoms with Crippen molar-refractivity contribution in [3.63, 3.8) is 0 Å². The second-order valence-electron chi connectivity index (χ2n) is 3.96. The molecule has 3 nitrogen and oxygen atoms in total. The molecule has 0 amide bonds. The highest BCUT2D eigenvalue weighted by Gasteiger charge is 2.30. The van der Waals surface area contributed by atoms with Gasteiger partial charge in [-0.2, -0.15) is 13.2 Å². The van der Waals surface area contributed by atoms with Gasteiger partial charge < -0.3 is 10.1 Å². The van der Waals surface area contributed by atoms with Crippen molar-refractivity contribution < 1.29 is 17.9 Å². The molecule has 0 radical (unpaired) electrons. The molecule has 1 aromatic rings. The minimum absolute atomic E-state index is 0.138. The van der Waals surface area contributed by atoms with Gasteiger partial charge in [-0.1, -0.05) is 0 Å². The lowest BCUT2D eigenvalue weighted by Gasteiger charge is -2.10. The van der Waals surface area contributed by atoms with Crippen LogP contribution in [0.25, 0.3) is 0 Å². The second-order valence-corrected chi connectivity index (χ2v) is 3.96. The third kappa shape index (κ3) is 3.41. The predicted molar refractivity (Wildman–Crippen MR) is 55.3 cm³/mol. The van der Waals surface area contributed by atoms with Crippen LogP contribution in [-0.4, -0.2) is 24.2 Å². The molecule has 1 N–H and O–H groups in total. The van der Waals surface area contributed by atoms with Crippen LogP contribution in [0.2, 0.25) is 0 Å². The van der Waals surface area contributed by atoms with E-state index in [4.69, 9.17) is 4.74 Å². The number of rotatable bonds is 3. The molecular formula is C11H13F3N2O. The maximum absolute atomic E-state index is 12.3. The van der Waals surface area contributed by atoms with E-state index < -0.39 is 11.7 Å². The SMILES string of the molecule is FC(F)(F)c1ccc(COC2CCNC2)nc1. The number of aromatic nitrogens is 1. The second kappa shape index (κ2) is 5.01. The first kappa shape index (κ1) is 12.3. The van der Waals surface area contributed by atoms with E-state index in [1.807, 2.05) is 0 Å². The maximum atomic E-state index is 12.3. The van der Waals surface area contributed by atoms with Gasteiger partial charge in [0.15, 0.2) is 0 Å². The first-order valence-electron chi connectivity index (χ1n) is 5.40. The van der Waals surface area contributed by atoms with Crippen LogP contribution >= 0.6 is 0 Å². The molecule has 1 unspecified atom stereocenters. The average molecular weight is 246 g/mol. The fourth-order valence-corrected chi connectivity index (χ4v) is 1.65. The normalized spacial score (nSPS) is 20.8. The van der Waals surface area contributed by atoms with Crippen molar-refractivity contribution in [2.45, 2.75) is 25.3 Å². The van der Waals surface area contributed by atoms with Gasteiger partial charge in [-0.15, -0.1) is 0 Å². The summed E-state index contributed by atoms with van der Waals surface area (Å²) in [4.78, 5) is 3.74. The highest BCUT2D eigenvalue weighted by Crippen LogP contribution is 2.28. The lowest BCUT2D eigenvalue weighted by Crippen LogP contribution is -2.17. The Bertz CT molecular complexity index is 358. The van der Waals surface area contributed by atoms with Crippen LogP contribution in [0.3, 0.4) is 0 Å². The number of hydrogen-bond donors (Lipinski definition) is 1. The van der Waals surface area contributed by atoms with Crippen LogP contribution < -0.4 is 5.32 Å². The Morgan fingerprint density at radius 2 is 2.24 bits per heavy atom. The minimum atomic E-state index is -4.33. The van der Waals surface area contributed by atoms with E-state index in [2.05, 4.69) is 10.3 Å². The van der Waals surface area contributed by atoms with E-state index in [9.17, 15) is 13.2 Å². The highest BCUT2D eigenvalue weighted by atomic mass is 19.4. The van der Waals surface area contributed by atoms with Crippen molar-refractivity contribution in [2.75, 3.05) is 13.1 Å². The lowest BCUT2D eigenvalue weighted by molar-refractivity contribution is -0.137. The van der Waals surface area contributed by atoms with Crippen molar-refractivity contribution in [1.82, 2.24) is 10.3 Å². The van der Waals surface area contributed by atoms with Gasteiger partial charge in [-0.05, 0) is 25.1 Å². The van der Waals surface area contributed by atoms with E-state index in [0.29, 0.717) is 5.69 Å². The van der Waals surface area contributed by atoms with Gasteiger partial charge in [-0.25, -0.2) is 0 Å². The summed E-state index contributed by atoms with van der Waals surface area (Å²) in [7, 11) is 0. The third-order valence-corrected chi connectivity index (χ3v) is 2.63. The summed E-state index contributed by atoms with van der Waals surface area (Å²) in [6, 6.07) is 2.38. The summed E-state index contributed by atoms with van der Waals surface area (Å²) < 4.78 is 42.3. The monoisotopic (exact) mass is 246 g/mol. The molecular weight excluding hydrogens is 233 g/mol. The smallest absolute Gasteiger partial charge is 0.371 e. The number of pyridine rings is 1. The zero-order chi connectivity index (χ0) is 12.3. The van der Waals surface area contributed by atoms with Gasteiger partial charge >= 0.3 is 6.18 Å². The molecule has 2 heterocycles. The zero-order valence-corrected chi connectivity index (χ0v) is 9.13. The molecule has 0 aromatic carbocycles. The summed E-state index contributed by atoms with van der Waals surface area (Å²) >= 11 is 0. The zero-order valence-electron chi connectivity index (χ0n) is 9.13. The van der Waals surface area contributed by atoms with Crippen LogP contribution in [0.5, 0.6) is 0 Å². The van der Waals surface area contributed by atoms with Gasteiger partial charge in [0.1, 0.15) is 0 Å². The van der Waals surface area contributed by atoms with Crippen molar-refractivity contribution in [1.29, 1.82) is 0 Å². The Balaban J connectivity index is 1.89. The summed E-state index contributed by atoms with van der Waals surface area (Å²) in [5.74, 6) is 0. The fraction of sp³-hybridized carbons (Fsp3) is 0.545. The van der Waals surface area contributed by atoms with Gasteiger partial charge in [-0.3, -0.25) is 4.98 Å². The van der Waals surface area contributed by atoms with Gasteiger partial charge in [0.05, 0.1) is 24.0 Å². The van der Waals surface area contributed by atoms with Crippen molar-refractivity contribution in [3.05, 3.63) is 29.6 Å². The number of alkyl halides is 3. The number of nitrogens with zero attached hydrogens (tertiary/aromatic N) is 1. The molecule has 1 aliphatic rings. The molecule has 0 saturated carbocycles. The molecule has 6 heteroatoms.